The minimum atomic E-state index is -0.0184. The fourth-order valence-electron chi connectivity index (χ4n) is 7.06. The predicted octanol–water partition coefficient (Wildman–Crippen LogP) is 12.7. The van der Waals surface area contributed by atoms with Crippen molar-refractivity contribution in [2.45, 2.75) is 98.3 Å². The molecule has 7 rings (SSSR count). The van der Waals surface area contributed by atoms with Crippen LogP contribution < -0.4 is 4.74 Å². The third-order valence-corrected chi connectivity index (χ3v) is 10.5. The molecule has 0 atom stereocenters. The van der Waals surface area contributed by atoms with E-state index >= 15 is 0 Å². The van der Waals surface area contributed by atoms with Crippen LogP contribution in [0.5, 0.6) is 11.5 Å². The van der Waals surface area contributed by atoms with Gasteiger partial charge in [-0.1, -0.05) is 117 Å². The van der Waals surface area contributed by atoms with Gasteiger partial charge in [-0.2, -0.15) is 17.2 Å². The quantitative estimate of drug-likeness (QED) is 0.136. The van der Waals surface area contributed by atoms with Gasteiger partial charge in [-0.25, -0.2) is 4.98 Å². The normalized spacial score (nSPS) is 12.2. The summed E-state index contributed by atoms with van der Waals surface area (Å²) in [5, 5.41) is 7.50. The van der Waals surface area contributed by atoms with E-state index in [0.29, 0.717) is 11.5 Å². The van der Waals surface area contributed by atoms with Crippen LogP contribution in [0.25, 0.3) is 44.4 Å². The van der Waals surface area contributed by atoms with E-state index in [-0.39, 0.29) is 43.7 Å². The van der Waals surface area contributed by atoms with Gasteiger partial charge in [0.25, 0.3) is 0 Å². The van der Waals surface area contributed by atoms with Crippen molar-refractivity contribution in [3.63, 3.8) is 0 Å². The van der Waals surface area contributed by atoms with Crippen molar-refractivity contribution in [3.05, 3.63) is 132 Å². The zero-order valence-corrected chi connectivity index (χ0v) is 34.9. The first-order chi connectivity index (χ1) is 24.8. The number of benzene rings is 4. The molecule has 0 aliphatic heterocycles. The summed E-state index contributed by atoms with van der Waals surface area (Å²) in [5.74, 6) is 2.58. The van der Waals surface area contributed by atoms with Crippen LogP contribution >= 0.6 is 0 Å². The molecule has 0 N–H and O–H groups in total. The molecule has 3 heterocycles. The van der Waals surface area contributed by atoms with Crippen LogP contribution in [0.4, 0.5) is 0 Å². The Hall–Kier alpha value is -4.47. The standard InChI is InChI=1S/C47H50N4O.Pt/c1-11-47(9,10)34-20-23-40-39(26-34)38-22-21-37(29-41(38)50(40)42-27-33(24-25-48-42)46(6,7)8)52-36-19-15-18-35(28-36)51-45(31(4)5)43(44(49-51)30(2)3)32-16-13-12-14-17-32;/h12-27,30-31H,11H2,1-10H3;/q-2;+2. The molecule has 0 unspecified atom stereocenters. The van der Waals surface area contributed by atoms with Crippen molar-refractivity contribution in [1.82, 2.24) is 19.3 Å². The van der Waals surface area contributed by atoms with Gasteiger partial charge in [0.2, 0.25) is 0 Å². The van der Waals surface area contributed by atoms with Crippen LogP contribution in [0.15, 0.2) is 97.2 Å². The maximum Gasteiger partial charge on any atom is 2.00 e. The number of hydrogen-bond donors (Lipinski definition) is 0. The topological polar surface area (TPSA) is 44.9 Å². The summed E-state index contributed by atoms with van der Waals surface area (Å²) in [6.07, 6.45) is 2.97. The molecule has 53 heavy (non-hydrogen) atoms. The number of hydrogen-bond acceptors (Lipinski definition) is 3. The Morgan fingerprint density at radius 2 is 1.47 bits per heavy atom. The van der Waals surface area contributed by atoms with E-state index in [1.807, 2.05) is 24.4 Å². The number of nitrogens with zero attached hydrogens (tertiary/aromatic N) is 4. The monoisotopic (exact) mass is 881 g/mol. The zero-order chi connectivity index (χ0) is 36.9. The molecular formula is C47H50N4OPt. The maximum absolute atomic E-state index is 6.59. The largest absolute Gasteiger partial charge is 2.00 e. The number of aromatic nitrogens is 4. The van der Waals surface area contributed by atoms with Gasteiger partial charge in [0.05, 0.1) is 11.4 Å². The second-order valence-corrected chi connectivity index (χ2v) is 16.3. The molecule has 0 aliphatic rings. The second kappa shape index (κ2) is 14.7. The van der Waals surface area contributed by atoms with E-state index in [4.69, 9.17) is 14.8 Å². The number of fused-ring (bicyclic) bond motifs is 3. The molecule has 0 saturated carbocycles. The Morgan fingerprint density at radius 3 is 2.15 bits per heavy atom. The van der Waals surface area contributed by atoms with Crippen LogP contribution in [0, 0.1) is 12.1 Å². The number of rotatable bonds is 9. The molecule has 6 heteroatoms. The molecule has 4 aromatic carbocycles. The Labute approximate surface area is 329 Å². The Balaban J connectivity index is 0.00000481. The molecule has 0 radical (unpaired) electrons. The number of ether oxygens (including phenoxy) is 1. The van der Waals surface area contributed by atoms with Crippen LogP contribution in [-0.2, 0) is 31.9 Å². The second-order valence-electron chi connectivity index (χ2n) is 16.3. The molecule has 0 saturated heterocycles. The molecule has 7 aromatic rings. The van der Waals surface area contributed by atoms with Gasteiger partial charge in [-0.3, -0.25) is 4.68 Å². The minimum absolute atomic E-state index is 0. The van der Waals surface area contributed by atoms with Crippen molar-refractivity contribution < 1.29 is 25.8 Å². The van der Waals surface area contributed by atoms with Crippen molar-refractivity contribution in [2.24, 2.45) is 0 Å². The third kappa shape index (κ3) is 7.26. The first kappa shape index (κ1) is 38.3. The van der Waals surface area contributed by atoms with E-state index in [0.717, 1.165) is 45.7 Å². The Bertz CT molecular complexity index is 2390. The average molecular weight is 882 g/mol. The Kier molecular flexibility index (Phi) is 10.6. The van der Waals surface area contributed by atoms with Gasteiger partial charge in [0, 0.05) is 28.8 Å². The molecule has 0 fully saturated rings. The van der Waals surface area contributed by atoms with Crippen molar-refractivity contribution >= 4 is 21.8 Å². The van der Waals surface area contributed by atoms with E-state index in [2.05, 4.69) is 163 Å². The van der Waals surface area contributed by atoms with Gasteiger partial charge < -0.3 is 9.30 Å². The smallest absolute Gasteiger partial charge is 0.509 e. The summed E-state index contributed by atoms with van der Waals surface area (Å²) in [6, 6.07) is 39.2. The van der Waals surface area contributed by atoms with Crippen LogP contribution in [-0.4, -0.2) is 19.3 Å². The van der Waals surface area contributed by atoms with Crippen LogP contribution in [0.2, 0.25) is 0 Å². The molecular weight excluding hydrogens is 832 g/mol. The summed E-state index contributed by atoms with van der Waals surface area (Å²) in [5.41, 5.74) is 10.1. The van der Waals surface area contributed by atoms with Gasteiger partial charge in [-0.05, 0) is 75.0 Å². The summed E-state index contributed by atoms with van der Waals surface area (Å²) < 4.78 is 10.9. The fraction of sp³-hybridized carbons (Fsp3) is 0.319. The van der Waals surface area contributed by atoms with Crippen molar-refractivity contribution in [2.75, 3.05) is 0 Å². The minimum Gasteiger partial charge on any atom is -0.509 e. The van der Waals surface area contributed by atoms with E-state index in [9.17, 15) is 0 Å². The maximum atomic E-state index is 6.59. The summed E-state index contributed by atoms with van der Waals surface area (Å²) in [4.78, 5) is 4.89. The van der Waals surface area contributed by atoms with Gasteiger partial charge in [0.1, 0.15) is 5.82 Å². The van der Waals surface area contributed by atoms with Crippen LogP contribution in [0.1, 0.15) is 110 Å². The average Bonchev–Trinajstić information content (AvgIpc) is 3.69. The van der Waals surface area contributed by atoms with Crippen molar-refractivity contribution in [3.8, 4) is 34.1 Å². The molecule has 5 nitrogen and oxygen atoms in total. The fourth-order valence-corrected chi connectivity index (χ4v) is 7.06. The van der Waals surface area contributed by atoms with E-state index in [1.165, 1.54) is 27.6 Å². The van der Waals surface area contributed by atoms with Crippen LogP contribution in [0.3, 0.4) is 0 Å². The van der Waals surface area contributed by atoms with Gasteiger partial charge in [-0.15, -0.1) is 35.7 Å². The van der Waals surface area contributed by atoms with Gasteiger partial charge in [0.15, 0.2) is 0 Å². The summed E-state index contributed by atoms with van der Waals surface area (Å²) in [6.45, 7) is 22.4. The van der Waals surface area contributed by atoms with Gasteiger partial charge >= 0.3 is 21.1 Å². The van der Waals surface area contributed by atoms with E-state index < -0.39 is 0 Å². The Morgan fingerprint density at radius 1 is 0.736 bits per heavy atom. The molecule has 0 spiro atoms. The molecule has 0 aliphatic carbocycles. The van der Waals surface area contributed by atoms with E-state index in [1.54, 1.807) is 0 Å². The zero-order valence-electron chi connectivity index (χ0n) is 32.6. The van der Waals surface area contributed by atoms with Crippen molar-refractivity contribution in [1.29, 1.82) is 0 Å². The molecule has 274 valence electrons. The number of pyridine rings is 1. The molecule has 0 amide bonds. The SMILES string of the molecule is CCC(C)(C)c1ccc2c(c1)c1ccc(Oc3[c-]c(-n4nc(C(C)C)c(-c5ccccc5)c4C(C)C)ccc3)[c-]c1n2-c1cc(C(C)(C)C)ccn1.[Pt+2]. The molecule has 0 bridgehead atoms. The summed E-state index contributed by atoms with van der Waals surface area (Å²) in [7, 11) is 0. The predicted molar refractivity (Wildman–Crippen MR) is 216 cm³/mol. The molecule has 3 aromatic heterocycles. The summed E-state index contributed by atoms with van der Waals surface area (Å²) >= 11 is 0. The first-order valence-corrected chi connectivity index (χ1v) is 18.6. The first-order valence-electron chi connectivity index (χ1n) is 18.6. The third-order valence-electron chi connectivity index (χ3n) is 10.5.